The lowest BCUT2D eigenvalue weighted by Gasteiger charge is -2.39. The van der Waals surface area contributed by atoms with E-state index < -0.39 is 90.1 Å². The third-order valence-corrected chi connectivity index (χ3v) is 6.74. The zero-order chi connectivity index (χ0) is 37.2. The number of ether oxygens (including phenoxy) is 4. The number of hydrogen-bond acceptors (Lipinski definition) is 12. The van der Waals surface area contributed by atoms with Crippen LogP contribution in [0.3, 0.4) is 0 Å². The van der Waals surface area contributed by atoms with Gasteiger partial charge in [0.15, 0.2) is 6.10 Å². The molecule has 2 aromatic rings. The molecule has 0 spiro atoms. The van der Waals surface area contributed by atoms with E-state index in [0.717, 1.165) is 6.08 Å². The Bertz CT molecular complexity index is 1460. The number of hydrogen-bond donors (Lipinski definition) is 6. The van der Waals surface area contributed by atoms with Gasteiger partial charge in [-0.3, -0.25) is 15.4 Å². The van der Waals surface area contributed by atoms with Crippen LogP contribution in [0, 0.1) is 0 Å². The van der Waals surface area contributed by atoms with Gasteiger partial charge in [0.2, 0.25) is 17.6 Å². The molecule has 0 aromatic heterocycles. The van der Waals surface area contributed by atoms with Crippen LogP contribution >= 0.6 is 0 Å². The lowest BCUT2D eigenvalue weighted by molar-refractivity contribution is -0.154. The Kier molecular flexibility index (Phi) is 13.5. The van der Waals surface area contributed by atoms with Crippen LogP contribution in [0.1, 0.15) is 65.7 Å². The topological polar surface area (TPSA) is 214 Å². The highest BCUT2D eigenvalue weighted by Crippen LogP contribution is 2.30. The van der Waals surface area contributed by atoms with E-state index in [4.69, 9.17) is 18.9 Å². The summed E-state index contributed by atoms with van der Waals surface area (Å²) in [6.07, 6.45) is -7.05. The normalized spacial score (nSPS) is 18.7. The van der Waals surface area contributed by atoms with Crippen molar-refractivity contribution >= 4 is 30.0 Å². The summed E-state index contributed by atoms with van der Waals surface area (Å²) in [6, 6.07) is 15.1. The average molecular weight is 699 g/mol. The molecule has 0 aliphatic carbocycles. The first kappa shape index (κ1) is 39.4. The lowest BCUT2D eigenvalue weighted by Crippen LogP contribution is -2.60. The minimum Gasteiger partial charge on any atom is -0.478 e. The van der Waals surface area contributed by atoms with Gasteiger partial charge in [-0.1, -0.05) is 60.7 Å². The van der Waals surface area contributed by atoms with E-state index in [0.29, 0.717) is 11.1 Å². The quantitative estimate of drug-likeness (QED) is 0.0969. The van der Waals surface area contributed by atoms with Crippen LogP contribution in [-0.2, 0) is 28.5 Å². The molecule has 2 aromatic carbocycles. The van der Waals surface area contributed by atoms with Gasteiger partial charge in [0.25, 0.3) is 0 Å². The standard InChI is InChI=1S/C35H46N4O11/c1-20(41)36-26-23(37-31(38-32(45)49-34(2,3)4)39-33(46)50-35(5,6)7)18-25(47-29(26)27(43)24(42)19-40)30(44)48-28(21-14-10-8-11-15-21)22-16-12-9-13-17-22/h8-18,23-24,26-29,40,42-43H,19H2,1-7H3,(H,36,41)(H2,37,38,39,45,46)/t23-,24?,26+,27?,29+/m0/s1. The molecule has 1 aliphatic rings. The van der Waals surface area contributed by atoms with E-state index in [1.54, 1.807) is 102 Å². The summed E-state index contributed by atoms with van der Waals surface area (Å²) in [4.78, 5) is 56.3. The number of amides is 3. The number of carbonyl (C=O) groups excluding carboxylic acids is 4. The highest BCUT2D eigenvalue weighted by Gasteiger charge is 2.44. The molecule has 0 fully saturated rings. The summed E-state index contributed by atoms with van der Waals surface area (Å²) in [5, 5.41) is 38.4. The van der Waals surface area contributed by atoms with Crippen LogP contribution in [0.2, 0.25) is 0 Å². The van der Waals surface area contributed by atoms with Gasteiger partial charge in [-0.15, -0.1) is 0 Å². The third kappa shape index (κ3) is 12.2. The predicted molar refractivity (Wildman–Crippen MR) is 180 cm³/mol. The van der Waals surface area contributed by atoms with Crippen molar-refractivity contribution < 1.29 is 53.4 Å². The molecular formula is C35H46N4O11. The number of guanidine groups is 1. The summed E-state index contributed by atoms with van der Waals surface area (Å²) >= 11 is 0. The molecule has 2 unspecified atom stereocenters. The smallest absolute Gasteiger partial charge is 0.414 e. The Hall–Kier alpha value is -4.99. The molecule has 272 valence electrons. The Morgan fingerprint density at radius 3 is 1.74 bits per heavy atom. The maximum atomic E-state index is 13.9. The van der Waals surface area contributed by atoms with E-state index in [9.17, 15) is 34.5 Å². The van der Waals surface area contributed by atoms with Crippen molar-refractivity contribution in [3.8, 4) is 0 Å². The van der Waals surface area contributed by atoms with E-state index in [1.807, 2.05) is 0 Å². The van der Waals surface area contributed by atoms with Gasteiger partial charge in [-0.05, 0) is 58.7 Å². The SMILES string of the molecule is CC(=O)N[C@@H]1[C@@H](N=C(NC(=O)OC(C)(C)C)NC(=O)OC(C)(C)C)C=C(C(=O)OC(c2ccccc2)c2ccccc2)O[C@H]1C(O)C(O)CO. The third-order valence-electron chi connectivity index (χ3n) is 6.74. The minimum absolute atomic E-state index is 0.486. The van der Waals surface area contributed by atoms with Crippen molar-refractivity contribution in [2.75, 3.05) is 6.61 Å². The molecule has 50 heavy (non-hydrogen) atoms. The molecule has 3 rings (SSSR count). The van der Waals surface area contributed by atoms with Gasteiger partial charge in [0, 0.05) is 6.92 Å². The molecule has 15 heteroatoms. The summed E-state index contributed by atoms with van der Waals surface area (Å²) in [6.45, 7) is 9.98. The van der Waals surface area contributed by atoms with Gasteiger partial charge < -0.3 is 39.6 Å². The van der Waals surface area contributed by atoms with E-state index in [-0.39, 0.29) is 0 Å². The largest absolute Gasteiger partial charge is 0.478 e. The second-order valence-electron chi connectivity index (χ2n) is 13.4. The summed E-state index contributed by atoms with van der Waals surface area (Å²) in [7, 11) is 0. The zero-order valence-corrected chi connectivity index (χ0v) is 29.1. The first-order chi connectivity index (χ1) is 23.4. The monoisotopic (exact) mass is 698 g/mol. The Balaban J connectivity index is 2.15. The van der Waals surface area contributed by atoms with Crippen LogP contribution in [0.25, 0.3) is 0 Å². The minimum atomic E-state index is -1.88. The molecule has 3 amide bonds. The summed E-state index contributed by atoms with van der Waals surface area (Å²) in [5.41, 5.74) is -0.628. The van der Waals surface area contributed by atoms with Crippen molar-refractivity contribution in [2.24, 2.45) is 4.99 Å². The number of benzene rings is 2. The number of carbonyl (C=O) groups is 4. The first-order valence-electron chi connectivity index (χ1n) is 15.9. The number of aliphatic imine (C=N–C) groups is 1. The van der Waals surface area contributed by atoms with Gasteiger partial charge in [0.1, 0.15) is 29.5 Å². The number of alkyl carbamates (subject to hydrolysis) is 2. The predicted octanol–water partition coefficient (Wildman–Crippen LogP) is 2.59. The fourth-order valence-electron chi connectivity index (χ4n) is 4.75. The molecule has 0 saturated carbocycles. The van der Waals surface area contributed by atoms with E-state index >= 15 is 0 Å². The molecule has 6 N–H and O–H groups in total. The number of aliphatic hydroxyl groups excluding tert-OH is 3. The van der Waals surface area contributed by atoms with Crippen molar-refractivity contribution in [3.05, 3.63) is 83.6 Å². The fourth-order valence-corrected chi connectivity index (χ4v) is 4.75. The molecule has 0 radical (unpaired) electrons. The highest BCUT2D eigenvalue weighted by atomic mass is 16.6. The van der Waals surface area contributed by atoms with Crippen molar-refractivity contribution in [2.45, 2.75) is 96.2 Å². The van der Waals surface area contributed by atoms with Gasteiger partial charge in [-0.25, -0.2) is 19.4 Å². The van der Waals surface area contributed by atoms with Crippen LogP contribution in [0.15, 0.2) is 77.5 Å². The second kappa shape index (κ2) is 17.1. The van der Waals surface area contributed by atoms with Gasteiger partial charge >= 0.3 is 18.2 Å². The Morgan fingerprint density at radius 2 is 1.32 bits per heavy atom. The molecule has 15 nitrogen and oxygen atoms in total. The van der Waals surface area contributed by atoms with Crippen molar-refractivity contribution in [3.63, 3.8) is 0 Å². The van der Waals surface area contributed by atoms with Gasteiger partial charge in [-0.2, -0.15) is 0 Å². The van der Waals surface area contributed by atoms with Crippen LogP contribution in [-0.4, -0.2) is 93.5 Å². The summed E-state index contributed by atoms with van der Waals surface area (Å²) in [5.74, 6) is -2.63. The molecule has 1 heterocycles. The second-order valence-corrected chi connectivity index (χ2v) is 13.4. The Labute approximate surface area is 290 Å². The fraction of sp³-hybridized carbons (Fsp3) is 0.457. The van der Waals surface area contributed by atoms with Crippen LogP contribution < -0.4 is 16.0 Å². The number of aliphatic hydroxyl groups is 3. The van der Waals surface area contributed by atoms with Crippen molar-refractivity contribution in [1.29, 1.82) is 0 Å². The number of rotatable bonds is 9. The van der Waals surface area contributed by atoms with Gasteiger partial charge in [0.05, 0.1) is 18.7 Å². The highest BCUT2D eigenvalue weighted by molar-refractivity contribution is 6.01. The van der Waals surface area contributed by atoms with Crippen LogP contribution in [0.4, 0.5) is 9.59 Å². The molecule has 5 atom stereocenters. The number of nitrogens with zero attached hydrogens (tertiary/aromatic N) is 1. The van der Waals surface area contributed by atoms with Crippen molar-refractivity contribution in [1.82, 2.24) is 16.0 Å². The lowest BCUT2D eigenvalue weighted by atomic mass is 9.92. The van der Waals surface area contributed by atoms with E-state index in [2.05, 4.69) is 20.9 Å². The zero-order valence-electron chi connectivity index (χ0n) is 29.1. The maximum Gasteiger partial charge on any atom is 0.414 e. The molecular weight excluding hydrogens is 652 g/mol. The molecule has 1 aliphatic heterocycles. The van der Waals surface area contributed by atoms with E-state index in [1.165, 1.54) is 6.92 Å². The van der Waals surface area contributed by atoms with Crippen LogP contribution in [0.5, 0.6) is 0 Å². The number of esters is 1. The molecule has 0 bridgehead atoms. The first-order valence-corrected chi connectivity index (χ1v) is 15.9. The Morgan fingerprint density at radius 1 is 0.840 bits per heavy atom. The average Bonchev–Trinajstić information content (AvgIpc) is 3.02. The number of nitrogens with one attached hydrogen (secondary N) is 3. The molecule has 0 saturated heterocycles. The maximum absolute atomic E-state index is 13.9. The summed E-state index contributed by atoms with van der Waals surface area (Å²) < 4.78 is 22.5.